The van der Waals surface area contributed by atoms with E-state index in [-0.39, 0.29) is 0 Å². The quantitative estimate of drug-likeness (QED) is 0.467. The van der Waals surface area contributed by atoms with Crippen LogP contribution in [0.2, 0.25) is 0 Å². The van der Waals surface area contributed by atoms with Crippen LogP contribution in [-0.2, 0) is 7.05 Å². The molecule has 21 heavy (non-hydrogen) atoms. The molecule has 2 aromatic heterocycles. The number of hydrogen-bond acceptors (Lipinski definition) is 1. The summed E-state index contributed by atoms with van der Waals surface area (Å²) < 4.78 is 15.1. The van der Waals surface area contributed by atoms with Crippen molar-refractivity contribution in [3.63, 3.8) is 0 Å². The Morgan fingerprint density at radius 1 is 0.857 bits per heavy atom. The minimum Gasteiger partial charge on any atom is -0.344 e. The largest absolute Gasteiger partial charge is 0.344 e. The van der Waals surface area contributed by atoms with E-state index in [1.807, 2.05) is 6.07 Å². The topological polar surface area (TPSA) is 17.8 Å². The second kappa shape index (κ2) is 4.42. The number of aryl methyl sites for hydroxylation is 1. The van der Waals surface area contributed by atoms with Crippen molar-refractivity contribution in [2.75, 3.05) is 0 Å². The smallest absolute Gasteiger partial charge is 0.212 e. The molecule has 0 bridgehead atoms. The third-order valence-electron chi connectivity index (χ3n) is 3.98. The Hall–Kier alpha value is -2.68. The number of fused-ring (bicyclic) bond motifs is 3. The molecule has 0 N–H and O–H groups in total. The summed E-state index contributed by atoms with van der Waals surface area (Å²) in [6, 6.07) is 17.8. The van der Waals surface area contributed by atoms with Crippen molar-refractivity contribution in [2.24, 2.45) is 7.05 Å². The van der Waals surface area contributed by atoms with E-state index in [9.17, 15) is 4.39 Å². The zero-order valence-electron chi connectivity index (χ0n) is 11.5. The number of aromatic nitrogens is 2. The molecule has 2 nitrogen and oxygen atoms in total. The number of para-hydroxylation sites is 1. The summed E-state index contributed by atoms with van der Waals surface area (Å²) in [5, 5.41) is 2.48. The van der Waals surface area contributed by atoms with Gasteiger partial charge in [0.15, 0.2) is 0 Å². The molecule has 0 aliphatic rings. The Balaban J connectivity index is 2.00. The van der Waals surface area contributed by atoms with E-state index in [2.05, 4.69) is 53.0 Å². The van der Waals surface area contributed by atoms with Crippen LogP contribution in [0.4, 0.5) is 4.39 Å². The van der Waals surface area contributed by atoms with E-state index in [1.54, 1.807) is 12.3 Å². The Morgan fingerprint density at radius 2 is 1.62 bits per heavy atom. The summed E-state index contributed by atoms with van der Waals surface area (Å²) in [5.74, 6) is -0.454. The Morgan fingerprint density at radius 3 is 2.43 bits per heavy atom. The van der Waals surface area contributed by atoms with Crippen LogP contribution in [0, 0.1) is 5.95 Å². The fraction of sp³-hybridized carbons (Fsp3) is 0.0556. The molecule has 0 saturated carbocycles. The van der Waals surface area contributed by atoms with E-state index in [0.29, 0.717) is 0 Å². The first-order valence-electron chi connectivity index (χ1n) is 6.83. The van der Waals surface area contributed by atoms with Crippen molar-refractivity contribution in [3.8, 4) is 11.1 Å². The molecule has 0 atom stereocenters. The number of nitrogens with zero attached hydrogens (tertiary/aromatic N) is 2. The van der Waals surface area contributed by atoms with Gasteiger partial charge in [-0.25, -0.2) is 4.98 Å². The van der Waals surface area contributed by atoms with E-state index < -0.39 is 5.95 Å². The van der Waals surface area contributed by atoms with Gasteiger partial charge in [-0.15, -0.1) is 0 Å². The first-order chi connectivity index (χ1) is 10.2. The molecule has 3 heteroatoms. The summed E-state index contributed by atoms with van der Waals surface area (Å²) in [6.07, 6.45) is 1.57. The normalized spacial score (nSPS) is 11.3. The maximum Gasteiger partial charge on any atom is 0.212 e. The van der Waals surface area contributed by atoms with Gasteiger partial charge in [-0.2, -0.15) is 4.39 Å². The van der Waals surface area contributed by atoms with Crippen LogP contribution in [0.3, 0.4) is 0 Å². The summed E-state index contributed by atoms with van der Waals surface area (Å²) in [5.41, 5.74) is 4.34. The van der Waals surface area contributed by atoms with Crippen molar-refractivity contribution in [3.05, 3.63) is 66.7 Å². The minimum atomic E-state index is -0.454. The summed E-state index contributed by atoms with van der Waals surface area (Å²) in [4.78, 5) is 3.73. The SMILES string of the molecule is Cn1c2ccccc2c2ccc(-c3ccc(F)nc3)cc21. The molecule has 0 radical (unpaired) electrons. The summed E-state index contributed by atoms with van der Waals surface area (Å²) >= 11 is 0. The van der Waals surface area contributed by atoms with Crippen LogP contribution in [-0.4, -0.2) is 9.55 Å². The van der Waals surface area contributed by atoms with E-state index >= 15 is 0 Å². The molecular formula is C18H13FN2. The zero-order chi connectivity index (χ0) is 14.4. The van der Waals surface area contributed by atoms with Gasteiger partial charge in [0.05, 0.1) is 0 Å². The molecule has 0 amide bonds. The first kappa shape index (κ1) is 12.1. The Kier molecular flexibility index (Phi) is 2.54. The molecule has 102 valence electrons. The minimum absolute atomic E-state index is 0.454. The number of benzene rings is 2. The molecule has 0 aliphatic carbocycles. The van der Waals surface area contributed by atoms with Gasteiger partial charge in [0.2, 0.25) is 5.95 Å². The average Bonchev–Trinajstić information content (AvgIpc) is 2.81. The van der Waals surface area contributed by atoms with E-state index in [1.165, 1.54) is 22.4 Å². The highest BCUT2D eigenvalue weighted by Crippen LogP contribution is 2.31. The highest BCUT2D eigenvalue weighted by molar-refractivity contribution is 6.08. The van der Waals surface area contributed by atoms with Crippen molar-refractivity contribution in [2.45, 2.75) is 0 Å². The van der Waals surface area contributed by atoms with Crippen LogP contribution in [0.15, 0.2) is 60.8 Å². The lowest BCUT2D eigenvalue weighted by molar-refractivity contribution is 0.584. The maximum absolute atomic E-state index is 12.9. The predicted octanol–water partition coefficient (Wildman–Crippen LogP) is 4.53. The lowest BCUT2D eigenvalue weighted by Gasteiger charge is -2.03. The lowest BCUT2D eigenvalue weighted by atomic mass is 10.1. The van der Waals surface area contributed by atoms with E-state index in [0.717, 1.165) is 16.6 Å². The number of halogens is 1. The fourth-order valence-electron chi connectivity index (χ4n) is 2.89. The molecule has 0 spiro atoms. The van der Waals surface area contributed by atoms with E-state index in [4.69, 9.17) is 0 Å². The molecule has 4 aromatic rings. The van der Waals surface area contributed by atoms with Gasteiger partial charge in [0, 0.05) is 40.6 Å². The van der Waals surface area contributed by atoms with Gasteiger partial charge >= 0.3 is 0 Å². The average molecular weight is 276 g/mol. The fourth-order valence-corrected chi connectivity index (χ4v) is 2.89. The highest BCUT2D eigenvalue weighted by atomic mass is 19.1. The predicted molar refractivity (Wildman–Crippen MR) is 83.6 cm³/mol. The molecule has 0 aliphatic heterocycles. The Bertz CT molecular complexity index is 952. The van der Waals surface area contributed by atoms with Crippen LogP contribution >= 0.6 is 0 Å². The number of hydrogen-bond donors (Lipinski definition) is 0. The van der Waals surface area contributed by atoms with Crippen LogP contribution in [0.5, 0.6) is 0 Å². The molecule has 0 fully saturated rings. The molecule has 2 heterocycles. The van der Waals surface area contributed by atoms with Crippen molar-refractivity contribution in [1.82, 2.24) is 9.55 Å². The maximum atomic E-state index is 12.9. The standard InChI is InChI=1S/C18H13FN2/c1-21-16-5-3-2-4-14(16)15-8-6-12(10-17(15)21)13-7-9-18(19)20-11-13/h2-11H,1H3. The molecule has 4 rings (SSSR count). The van der Waals surface area contributed by atoms with Gasteiger partial charge in [0.25, 0.3) is 0 Å². The number of rotatable bonds is 1. The molecule has 0 unspecified atom stereocenters. The second-order valence-corrected chi connectivity index (χ2v) is 5.18. The van der Waals surface area contributed by atoms with Crippen molar-refractivity contribution in [1.29, 1.82) is 0 Å². The Labute approximate surface area is 121 Å². The van der Waals surface area contributed by atoms with Gasteiger partial charge < -0.3 is 4.57 Å². The van der Waals surface area contributed by atoms with Gasteiger partial charge in [-0.05, 0) is 29.8 Å². The molecular weight excluding hydrogens is 263 g/mol. The van der Waals surface area contributed by atoms with Crippen LogP contribution in [0.1, 0.15) is 0 Å². The third-order valence-corrected chi connectivity index (χ3v) is 3.98. The monoisotopic (exact) mass is 276 g/mol. The van der Waals surface area contributed by atoms with Crippen LogP contribution in [0.25, 0.3) is 32.9 Å². The summed E-state index contributed by atoms with van der Waals surface area (Å²) in [7, 11) is 2.07. The highest BCUT2D eigenvalue weighted by Gasteiger charge is 2.09. The molecule has 0 saturated heterocycles. The second-order valence-electron chi connectivity index (χ2n) is 5.18. The van der Waals surface area contributed by atoms with Crippen LogP contribution < -0.4 is 0 Å². The lowest BCUT2D eigenvalue weighted by Crippen LogP contribution is -1.88. The van der Waals surface area contributed by atoms with Gasteiger partial charge in [0.1, 0.15) is 0 Å². The van der Waals surface area contributed by atoms with Gasteiger partial charge in [-0.3, -0.25) is 0 Å². The third kappa shape index (κ3) is 1.82. The number of pyridine rings is 1. The zero-order valence-corrected chi connectivity index (χ0v) is 11.5. The van der Waals surface area contributed by atoms with Gasteiger partial charge in [-0.1, -0.05) is 30.3 Å². The van der Waals surface area contributed by atoms with Crippen molar-refractivity contribution < 1.29 is 4.39 Å². The first-order valence-corrected chi connectivity index (χ1v) is 6.83. The summed E-state index contributed by atoms with van der Waals surface area (Å²) in [6.45, 7) is 0. The van der Waals surface area contributed by atoms with Crippen molar-refractivity contribution >= 4 is 21.8 Å². The molecule has 2 aromatic carbocycles.